The van der Waals surface area contributed by atoms with E-state index in [1.54, 1.807) is 0 Å². The molecule has 15 heavy (non-hydrogen) atoms. The van der Waals surface area contributed by atoms with Crippen molar-refractivity contribution in [1.29, 1.82) is 0 Å². The van der Waals surface area contributed by atoms with Gasteiger partial charge in [-0.05, 0) is 35.0 Å². The lowest BCUT2D eigenvalue weighted by Crippen LogP contribution is -2.25. The lowest BCUT2D eigenvalue weighted by molar-refractivity contribution is -0.147. The summed E-state index contributed by atoms with van der Waals surface area (Å²) in [5, 5.41) is 0. The number of hydrogen-bond acceptors (Lipinski definition) is 3. The quantitative estimate of drug-likeness (QED) is 0.796. The van der Waals surface area contributed by atoms with Gasteiger partial charge in [0.15, 0.2) is 6.10 Å². The van der Waals surface area contributed by atoms with Crippen LogP contribution in [0.5, 0.6) is 5.75 Å². The summed E-state index contributed by atoms with van der Waals surface area (Å²) in [6.07, 6.45) is -0.770. The summed E-state index contributed by atoms with van der Waals surface area (Å²) in [6, 6.07) is 4.00. The maximum Gasteiger partial charge on any atom is 0.346 e. The summed E-state index contributed by atoms with van der Waals surface area (Å²) in [5.41, 5.74) is 0. The zero-order chi connectivity index (χ0) is 11.4. The number of carbonyl (C=O) groups excluding carboxylic acids is 1. The minimum absolute atomic E-state index is 0.271. The molecule has 0 N–H and O–H groups in total. The highest BCUT2D eigenvalue weighted by Crippen LogP contribution is 2.26. The van der Waals surface area contributed by atoms with Gasteiger partial charge in [0.2, 0.25) is 0 Å². The Morgan fingerprint density at radius 2 is 2.20 bits per heavy atom. The SMILES string of the molecule is COC(=O)C(C)Oc1cc(F)ccc1Br. The molecule has 3 nitrogen and oxygen atoms in total. The molecule has 1 atom stereocenters. The van der Waals surface area contributed by atoms with Gasteiger partial charge in [0.25, 0.3) is 0 Å². The largest absolute Gasteiger partial charge is 0.478 e. The molecule has 0 amide bonds. The number of halogens is 2. The second kappa shape index (κ2) is 5.11. The van der Waals surface area contributed by atoms with Crippen LogP contribution in [0.1, 0.15) is 6.92 Å². The van der Waals surface area contributed by atoms with Crippen molar-refractivity contribution in [1.82, 2.24) is 0 Å². The van der Waals surface area contributed by atoms with E-state index in [9.17, 15) is 9.18 Å². The second-order valence-corrected chi connectivity index (χ2v) is 3.71. The van der Waals surface area contributed by atoms with Gasteiger partial charge in [0.1, 0.15) is 11.6 Å². The van der Waals surface area contributed by atoms with Crippen LogP contribution < -0.4 is 4.74 Å². The van der Waals surface area contributed by atoms with Crippen molar-refractivity contribution in [3.63, 3.8) is 0 Å². The molecule has 1 aromatic carbocycles. The third-order valence-corrected chi connectivity index (χ3v) is 2.39. The number of benzene rings is 1. The molecule has 0 heterocycles. The molecule has 5 heteroatoms. The van der Waals surface area contributed by atoms with Crippen LogP contribution in [0, 0.1) is 5.82 Å². The number of esters is 1. The lowest BCUT2D eigenvalue weighted by Gasteiger charge is -2.13. The maximum atomic E-state index is 12.9. The monoisotopic (exact) mass is 276 g/mol. The van der Waals surface area contributed by atoms with Gasteiger partial charge in [-0.25, -0.2) is 9.18 Å². The Morgan fingerprint density at radius 1 is 1.53 bits per heavy atom. The molecular formula is C10H10BrFO3. The predicted octanol–water partition coefficient (Wildman–Crippen LogP) is 2.53. The number of hydrogen-bond donors (Lipinski definition) is 0. The third-order valence-electron chi connectivity index (χ3n) is 1.73. The van der Waals surface area contributed by atoms with Gasteiger partial charge in [-0.15, -0.1) is 0 Å². The summed E-state index contributed by atoms with van der Waals surface area (Å²) in [4.78, 5) is 11.1. The van der Waals surface area contributed by atoms with E-state index in [2.05, 4.69) is 20.7 Å². The Bertz CT molecular complexity index is 368. The molecule has 1 unspecified atom stereocenters. The molecule has 0 radical (unpaired) electrons. The smallest absolute Gasteiger partial charge is 0.346 e. The standard InChI is InChI=1S/C10H10BrFO3/c1-6(10(13)14-2)15-9-5-7(12)3-4-8(9)11/h3-6H,1-2H3. The van der Waals surface area contributed by atoms with Crippen LogP contribution >= 0.6 is 15.9 Å². The predicted molar refractivity (Wildman–Crippen MR) is 56.2 cm³/mol. The van der Waals surface area contributed by atoms with E-state index >= 15 is 0 Å². The molecule has 0 saturated carbocycles. The first kappa shape index (κ1) is 12.0. The topological polar surface area (TPSA) is 35.5 Å². The van der Waals surface area contributed by atoms with Crippen molar-refractivity contribution in [3.05, 3.63) is 28.5 Å². The van der Waals surface area contributed by atoms with Crippen LogP contribution in [0.2, 0.25) is 0 Å². The summed E-state index contributed by atoms with van der Waals surface area (Å²) < 4.78 is 23.1. The molecule has 0 spiro atoms. The molecule has 0 aliphatic heterocycles. The van der Waals surface area contributed by atoms with Gasteiger partial charge in [-0.1, -0.05) is 0 Å². The molecule has 0 aliphatic rings. The van der Waals surface area contributed by atoms with Gasteiger partial charge in [-0.2, -0.15) is 0 Å². The van der Waals surface area contributed by atoms with Crippen molar-refractivity contribution < 1.29 is 18.7 Å². The zero-order valence-electron chi connectivity index (χ0n) is 8.29. The summed E-state index contributed by atoms with van der Waals surface area (Å²) in [6.45, 7) is 1.53. The van der Waals surface area contributed by atoms with E-state index in [0.29, 0.717) is 4.47 Å². The van der Waals surface area contributed by atoms with E-state index in [4.69, 9.17) is 4.74 Å². The van der Waals surface area contributed by atoms with E-state index < -0.39 is 17.9 Å². The highest BCUT2D eigenvalue weighted by Gasteiger charge is 2.16. The van der Waals surface area contributed by atoms with E-state index in [1.165, 1.54) is 32.2 Å². The van der Waals surface area contributed by atoms with Crippen molar-refractivity contribution in [2.75, 3.05) is 7.11 Å². The zero-order valence-corrected chi connectivity index (χ0v) is 9.88. The Balaban J connectivity index is 2.80. The van der Waals surface area contributed by atoms with E-state index in [0.717, 1.165) is 0 Å². The van der Waals surface area contributed by atoms with Crippen molar-refractivity contribution in [2.24, 2.45) is 0 Å². The number of rotatable bonds is 3. The first-order valence-corrected chi connectivity index (χ1v) is 5.03. The molecule has 1 aromatic rings. The Kier molecular flexibility index (Phi) is 4.08. The minimum atomic E-state index is -0.770. The lowest BCUT2D eigenvalue weighted by atomic mass is 10.3. The van der Waals surface area contributed by atoms with Crippen LogP contribution in [0.15, 0.2) is 22.7 Å². The van der Waals surface area contributed by atoms with Crippen LogP contribution in [0.4, 0.5) is 4.39 Å². The molecule has 0 bridgehead atoms. The van der Waals surface area contributed by atoms with Gasteiger partial charge in [0, 0.05) is 6.07 Å². The van der Waals surface area contributed by atoms with Gasteiger partial charge in [-0.3, -0.25) is 0 Å². The minimum Gasteiger partial charge on any atom is -0.478 e. The van der Waals surface area contributed by atoms with Crippen LogP contribution in [0.3, 0.4) is 0 Å². The van der Waals surface area contributed by atoms with Gasteiger partial charge < -0.3 is 9.47 Å². The summed E-state index contributed by atoms with van der Waals surface area (Å²) in [7, 11) is 1.27. The van der Waals surface area contributed by atoms with Crippen LogP contribution in [-0.2, 0) is 9.53 Å². The Morgan fingerprint density at radius 3 is 2.80 bits per heavy atom. The maximum absolute atomic E-state index is 12.9. The number of methoxy groups -OCH3 is 1. The molecule has 0 aromatic heterocycles. The van der Waals surface area contributed by atoms with Crippen LogP contribution in [-0.4, -0.2) is 19.2 Å². The first-order valence-electron chi connectivity index (χ1n) is 4.24. The molecule has 0 fully saturated rings. The van der Waals surface area contributed by atoms with Gasteiger partial charge in [0.05, 0.1) is 11.6 Å². The average molecular weight is 277 g/mol. The van der Waals surface area contributed by atoms with Crippen molar-refractivity contribution in [3.8, 4) is 5.75 Å². The fourth-order valence-corrected chi connectivity index (χ4v) is 1.31. The first-order chi connectivity index (χ1) is 7.04. The van der Waals surface area contributed by atoms with Crippen LogP contribution in [0.25, 0.3) is 0 Å². The Labute approximate surface area is 95.3 Å². The molecular weight excluding hydrogens is 267 g/mol. The van der Waals surface area contributed by atoms with E-state index in [1.807, 2.05) is 0 Å². The summed E-state index contributed by atoms with van der Waals surface area (Å²) >= 11 is 3.19. The fraction of sp³-hybridized carbons (Fsp3) is 0.300. The molecule has 0 saturated heterocycles. The second-order valence-electron chi connectivity index (χ2n) is 2.86. The molecule has 0 aliphatic carbocycles. The highest BCUT2D eigenvalue weighted by atomic mass is 79.9. The number of carbonyl (C=O) groups is 1. The molecule has 1 rings (SSSR count). The average Bonchev–Trinajstić information content (AvgIpc) is 2.22. The highest BCUT2D eigenvalue weighted by molar-refractivity contribution is 9.10. The van der Waals surface area contributed by atoms with Crippen molar-refractivity contribution >= 4 is 21.9 Å². The molecule has 82 valence electrons. The van der Waals surface area contributed by atoms with E-state index in [-0.39, 0.29) is 5.75 Å². The summed E-state index contributed by atoms with van der Waals surface area (Å²) in [5.74, 6) is -0.663. The number of ether oxygens (including phenoxy) is 2. The van der Waals surface area contributed by atoms with Gasteiger partial charge >= 0.3 is 5.97 Å². The fourth-order valence-electron chi connectivity index (χ4n) is 0.972. The normalized spacial score (nSPS) is 12.0. The third kappa shape index (κ3) is 3.20. The van der Waals surface area contributed by atoms with Crippen molar-refractivity contribution in [2.45, 2.75) is 13.0 Å². The Hall–Kier alpha value is -1.10.